The quantitative estimate of drug-likeness (QED) is 0.877. The first kappa shape index (κ1) is 15.3. The number of hydrogen-bond donors (Lipinski definition) is 2. The minimum absolute atomic E-state index is 0.261. The summed E-state index contributed by atoms with van der Waals surface area (Å²) >= 11 is 0. The number of carbonyl (C=O) groups is 1. The van der Waals surface area contributed by atoms with Gasteiger partial charge in [-0.25, -0.2) is 0 Å². The van der Waals surface area contributed by atoms with Crippen LogP contribution >= 0.6 is 0 Å². The number of ether oxygens (including phenoxy) is 1. The minimum atomic E-state index is -0.526. The van der Waals surface area contributed by atoms with E-state index in [0.717, 1.165) is 32.0 Å². The summed E-state index contributed by atoms with van der Waals surface area (Å²) < 4.78 is 5.42. The zero-order valence-electron chi connectivity index (χ0n) is 12.9. The molecule has 1 fully saturated rings. The Kier molecular flexibility index (Phi) is 4.73. The van der Waals surface area contributed by atoms with Crippen molar-refractivity contribution >= 4 is 17.3 Å². The Labute approximate surface area is 135 Å². The highest BCUT2D eigenvalue weighted by Gasteiger charge is 2.14. The van der Waals surface area contributed by atoms with Crippen molar-refractivity contribution in [2.75, 3.05) is 36.5 Å². The number of anilines is 2. The average molecular weight is 312 g/mol. The van der Waals surface area contributed by atoms with Gasteiger partial charge in [-0.3, -0.25) is 9.78 Å². The van der Waals surface area contributed by atoms with Crippen LogP contribution in [0.15, 0.2) is 42.6 Å². The van der Waals surface area contributed by atoms with Gasteiger partial charge in [0.1, 0.15) is 5.69 Å². The Balaban J connectivity index is 1.73. The number of nitrogens with one attached hydrogen (secondary N) is 1. The lowest BCUT2D eigenvalue weighted by molar-refractivity contribution is 0.0995. The van der Waals surface area contributed by atoms with Crippen molar-refractivity contribution in [3.05, 3.63) is 53.9 Å². The highest BCUT2D eigenvalue weighted by atomic mass is 16.5. The van der Waals surface area contributed by atoms with E-state index in [9.17, 15) is 4.79 Å². The van der Waals surface area contributed by atoms with Crippen LogP contribution in [0, 0.1) is 0 Å². The molecule has 120 valence electrons. The largest absolute Gasteiger partial charge is 0.381 e. The number of pyridine rings is 1. The van der Waals surface area contributed by atoms with Gasteiger partial charge in [0, 0.05) is 37.2 Å². The van der Waals surface area contributed by atoms with Crippen molar-refractivity contribution in [1.82, 2.24) is 4.98 Å². The van der Waals surface area contributed by atoms with Crippen molar-refractivity contribution in [1.29, 1.82) is 0 Å². The third-order valence-corrected chi connectivity index (χ3v) is 3.84. The van der Waals surface area contributed by atoms with E-state index in [0.29, 0.717) is 6.54 Å². The molecule has 23 heavy (non-hydrogen) atoms. The first-order chi connectivity index (χ1) is 11.2. The Bertz CT molecular complexity index is 684. The maximum atomic E-state index is 11.2. The normalized spacial score (nSPS) is 14.5. The number of aromatic nitrogens is 1. The Hall–Kier alpha value is -2.60. The van der Waals surface area contributed by atoms with Crippen LogP contribution in [0.2, 0.25) is 0 Å². The molecule has 1 amide bonds. The third-order valence-electron chi connectivity index (χ3n) is 3.84. The fraction of sp³-hybridized carbons (Fsp3) is 0.294. The molecule has 0 spiro atoms. The lowest BCUT2D eigenvalue weighted by Gasteiger charge is -2.30. The van der Waals surface area contributed by atoms with Gasteiger partial charge in [0.15, 0.2) is 0 Å². The molecule has 0 saturated carbocycles. The smallest absolute Gasteiger partial charge is 0.267 e. The van der Waals surface area contributed by atoms with Crippen molar-refractivity contribution in [3.63, 3.8) is 0 Å². The topological polar surface area (TPSA) is 80.5 Å². The van der Waals surface area contributed by atoms with Crippen molar-refractivity contribution < 1.29 is 9.53 Å². The molecule has 3 rings (SSSR count). The number of benzene rings is 1. The molecule has 2 aromatic rings. The van der Waals surface area contributed by atoms with E-state index in [1.54, 1.807) is 12.3 Å². The molecule has 1 aromatic heterocycles. The van der Waals surface area contributed by atoms with Crippen LogP contribution in [0.3, 0.4) is 0 Å². The molecule has 6 heteroatoms. The van der Waals surface area contributed by atoms with E-state index in [2.05, 4.69) is 27.3 Å². The van der Waals surface area contributed by atoms with Gasteiger partial charge < -0.3 is 20.7 Å². The molecule has 1 saturated heterocycles. The average Bonchev–Trinajstić information content (AvgIpc) is 2.61. The molecule has 6 nitrogen and oxygen atoms in total. The second-order valence-corrected chi connectivity index (χ2v) is 5.38. The van der Waals surface area contributed by atoms with E-state index in [-0.39, 0.29) is 5.69 Å². The van der Waals surface area contributed by atoms with Crippen molar-refractivity contribution in [2.45, 2.75) is 6.54 Å². The van der Waals surface area contributed by atoms with E-state index in [4.69, 9.17) is 10.5 Å². The summed E-state index contributed by atoms with van der Waals surface area (Å²) in [7, 11) is 0. The Morgan fingerprint density at radius 3 is 2.83 bits per heavy atom. The predicted octanol–water partition coefficient (Wildman–Crippen LogP) is 1.63. The number of nitrogens with two attached hydrogens (primary N) is 1. The molecule has 0 unspecified atom stereocenters. The van der Waals surface area contributed by atoms with Gasteiger partial charge in [-0.2, -0.15) is 0 Å². The molecular weight excluding hydrogens is 292 g/mol. The number of rotatable bonds is 5. The fourth-order valence-electron chi connectivity index (χ4n) is 2.65. The van der Waals surface area contributed by atoms with Crippen LogP contribution in [-0.2, 0) is 11.3 Å². The summed E-state index contributed by atoms with van der Waals surface area (Å²) in [4.78, 5) is 17.5. The molecule has 0 radical (unpaired) electrons. The van der Waals surface area contributed by atoms with Crippen LogP contribution in [0.4, 0.5) is 11.4 Å². The van der Waals surface area contributed by atoms with Crippen LogP contribution in [-0.4, -0.2) is 37.2 Å². The summed E-state index contributed by atoms with van der Waals surface area (Å²) in [6.07, 6.45) is 1.58. The van der Waals surface area contributed by atoms with E-state index >= 15 is 0 Å². The zero-order chi connectivity index (χ0) is 16.1. The Morgan fingerprint density at radius 1 is 1.26 bits per heavy atom. The minimum Gasteiger partial charge on any atom is -0.381 e. The monoisotopic (exact) mass is 312 g/mol. The lowest BCUT2D eigenvalue weighted by atomic mass is 10.1. The molecule has 3 N–H and O–H groups in total. The maximum Gasteiger partial charge on any atom is 0.267 e. The van der Waals surface area contributed by atoms with E-state index < -0.39 is 5.91 Å². The summed E-state index contributed by atoms with van der Waals surface area (Å²) in [5.74, 6) is -0.526. The number of primary amides is 1. The van der Waals surface area contributed by atoms with Crippen LogP contribution < -0.4 is 16.0 Å². The predicted molar refractivity (Wildman–Crippen MR) is 89.6 cm³/mol. The summed E-state index contributed by atoms with van der Waals surface area (Å²) in [6, 6.07) is 11.8. The molecule has 1 aromatic carbocycles. The van der Waals surface area contributed by atoms with Crippen LogP contribution in [0.5, 0.6) is 0 Å². The SMILES string of the molecule is NC(=O)c1cc(NCc2ccccc2N2CCOCC2)ccn1. The zero-order valence-corrected chi connectivity index (χ0v) is 12.9. The van der Waals surface area contributed by atoms with Gasteiger partial charge in [0.25, 0.3) is 5.91 Å². The number of morpholine rings is 1. The molecule has 1 aliphatic rings. The van der Waals surface area contributed by atoms with E-state index in [1.807, 2.05) is 18.2 Å². The second-order valence-electron chi connectivity index (χ2n) is 5.38. The molecule has 0 bridgehead atoms. The van der Waals surface area contributed by atoms with Gasteiger partial charge in [-0.15, -0.1) is 0 Å². The summed E-state index contributed by atoms with van der Waals surface area (Å²) in [6.45, 7) is 3.98. The highest BCUT2D eigenvalue weighted by Crippen LogP contribution is 2.22. The van der Waals surface area contributed by atoms with Crippen molar-refractivity contribution in [3.8, 4) is 0 Å². The lowest BCUT2D eigenvalue weighted by Crippen LogP contribution is -2.36. The van der Waals surface area contributed by atoms with Gasteiger partial charge >= 0.3 is 0 Å². The van der Waals surface area contributed by atoms with Crippen LogP contribution in [0.25, 0.3) is 0 Å². The highest BCUT2D eigenvalue weighted by molar-refractivity contribution is 5.91. The van der Waals surface area contributed by atoms with Gasteiger partial charge in [-0.1, -0.05) is 18.2 Å². The number of hydrogen-bond acceptors (Lipinski definition) is 5. The third kappa shape index (κ3) is 3.78. The molecular formula is C17H20N4O2. The second kappa shape index (κ2) is 7.11. The maximum absolute atomic E-state index is 11.2. The summed E-state index contributed by atoms with van der Waals surface area (Å²) in [5, 5.41) is 3.33. The van der Waals surface area contributed by atoms with Crippen LogP contribution in [0.1, 0.15) is 16.1 Å². The molecule has 0 aliphatic carbocycles. The van der Waals surface area contributed by atoms with Crippen molar-refractivity contribution in [2.24, 2.45) is 5.73 Å². The summed E-state index contributed by atoms with van der Waals surface area (Å²) in [5.41, 5.74) is 8.77. The van der Waals surface area contributed by atoms with Gasteiger partial charge in [0.05, 0.1) is 13.2 Å². The van der Waals surface area contributed by atoms with E-state index in [1.165, 1.54) is 11.3 Å². The first-order valence-electron chi connectivity index (χ1n) is 7.64. The molecule has 1 aliphatic heterocycles. The first-order valence-corrected chi connectivity index (χ1v) is 7.64. The number of nitrogens with zero attached hydrogens (tertiary/aromatic N) is 2. The van der Waals surface area contributed by atoms with Gasteiger partial charge in [0.2, 0.25) is 0 Å². The number of amides is 1. The molecule has 2 heterocycles. The molecule has 0 atom stereocenters. The number of carbonyl (C=O) groups excluding carboxylic acids is 1. The Morgan fingerprint density at radius 2 is 2.04 bits per heavy atom. The van der Waals surface area contributed by atoms with Gasteiger partial charge in [-0.05, 0) is 23.8 Å². The number of para-hydroxylation sites is 1. The standard InChI is InChI=1S/C17H20N4O2/c18-17(22)15-11-14(5-6-19-15)20-12-13-3-1-2-4-16(13)21-7-9-23-10-8-21/h1-6,11H,7-10,12H2,(H2,18,22)(H,19,20). The fourth-order valence-corrected chi connectivity index (χ4v) is 2.65.